The Morgan fingerprint density at radius 1 is 1.27 bits per heavy atom. The molecule has 1 aromatic rings. The number of aromatic nitrogens is 1. The lowest BCUT2D eigenvalue weighted by molar-refractivity contribution is 0.359. The SMILES string of the molecule is Brc1cc2cc(n1)C1CCC21. The number of hydrogen-bond acceptors (Lipinski definition) is 1. The van der Waals surface area contributed by atoms with Crippen molar-refractivity contribution in [3.05, 3.63) is 28.0 Å². The Kier molecular flexibility index (Phi) is 1.05. The van der Waals surface area contributed by atoms with Gasteiger partial charge in [0.15, 0.2) is 0 Å². The highest BCUT2D eigenvalue weighted by molar-refractivity contribution is 9.10. The van der Waals surface area contributed by atoms with Crippen molar-refractivity contribution >= 4 is 15.9 Å². The second-order valence-corrected chi connectivity index (χ2v) is 4.25. The first-order valence-electron chi connectivity index (χ1n) is 4.02. The van der Waals surface area contributed by atoms with Crippen LogP contribution in [-0.4, -0.2) is 4.98 Å². The Bertz CT molecular complexity index is 293. The summed E-state index contributed by atoms with van der Waals surface area (Å²) in [5, 5.41) is 0. The zero-order chi connectivity index (χ0) is 7.42. The second kappa shape index (κ2) is 1.86. The minimum Gasteiger partial charge on any atom is -0.246 e. The molecule has 0 amide bonds. The van der Waals surface area contributed by atoms with Gasteiger partial charge in [0.2, 0.25) is 0 Å². The van der Waals surface area contributed by atoms with Gasteiger partial charge in [-0.05, 0) is 52.4 Å². The molecule has 1 fully saturated rings. The summed E-state index contributed by atoms with van der Waals surface area (Å²) < 4.78 is 1.01. The van der Waals surface area contributed by atoms with Crippen LogP contribution in [0.2, 0.25) is 0 Å². The van der Waals surface area contributed by atoms with Crippen molar-refractivity contribution in [3.8, 4) is 0 Å². The summed E-state index contributed by atoms with van der Waals surface area (Å²) >= 11 is 3.42. The van der Waals surface area contributed by atoms with Crippen molar-refractivity contribution in [1.29, 1.82) is 0 Å². The third-order valence-electron chi connectivity index (χ3n) is 2.92. The lowest BCUT2D eigenvalue weighted by atomic mass is 9.74. The molecule has 2 bridgehead atoms. The molecule has 2 unspecified atom stereocenters. The van der Waals surface area contributed by atoms with E-state index in [0.29, 0.717) is 0 Å². The zero-order valence-electron chi connectivity index (χ0n) is 6.05. The third-order valence-corrected chi connectivity index (χ3v) is 3.32. The molecular weight excluding hydrogens is 202 g/mol. The van der Waals surface area contributed by atoms with E-state index in [9.17, 15) is 0 Å². The fourth-order valence-corrected chi connectivity index (χ4v) is 2.66. The smallest absolute Gasteiger partial charge is 0.106 e. The number of hydrogen-bond donors (Lipinski definition) is 0. The van der Waals surface area contributed by atoms with Crippen LogP contribution in [0.3, 0.4) is 0 Å². The van der Waals surface area contributed by atoms with E-state index >= 15 is 0 Å². The van der Waals surface area contributed by atoms with Crippen LogP contribution in [0.15, 0.2) is 16.7 Å². The molecule has 56 valence electrons. The van der Waals surface area contributed by atoms with E-state index in [1.54, 1.807) is 0 Å². The normalized spacial score (nSPS) is 31.4. The van der Waals surface area contributed by atoms with Crippen molar-refractivity contribution in [2.24, 2.45) is 0 Å². The molecule has 2 heteroatoms. The summed E-state index contributed by atoms with van der Waals surface area (Å²) in [5.74, 6) is 1.60. The Morgan fingerprint density at radius 3 is 2.73 bits per heavy atom. The van der Waals surface area contributed by atoms with Gasteiger partial charge >= 0.3 is 0 Å². The molecule has 0 spiro atoms. The van der Waals surface area contributed by atoms with Gasteiger partial charge in [0.25, 0.3) is 0 Å². The highest BCUT2D eigenvalue weighted by atomic mass is 79.9. The van der Waals surface area contributed by atoms with E-state index in [1.165, 1.54) is 24.1 Å². The number of fused-ring (bicyclic) bond motifs is 5. The molecule has 1 aromatic heterocycles. The predicted octanol–water partition coefficient (Wildman–Crippen LogP) is 2.82. The van der Waals surface area contributed by atoms with Gasteiger partial charge in [-0.15, -0.1) is 0 Å². The molecule has 1 nitrogen and oxygen atoms in total. The third kappa shape index (κ3) is 0.684. The Hall–Kier alpha value is -0.370. The second-order valence-electron chi connectivity index (χ2n) is 3.44. The molecule has 3 rings (SSSR count). The van der Waals surface area contributed by atoms with Gasteiger partial charge in [0.1, 0.15) is 4.60 Å². The molecule has 11 heavy (non-hydrogen) atoms. The van der Waals surface area contributed by atoms with Crippen molar-refractivity contribution in [2.75, 3.05) is 0 Å². The summed E-state index contributed by atoms with van der Waals surface area (Å²) in [5.41, 5.74) is 2.81. The van der Waals surface area contributed by atoms with Crippen LogP contribution in [0.25, 0.3) is 0 Å². The number of pyridine rings is 1. The lowest BCUT2D eigenvalue weighted by Gasteiger charge is -2.30. The van der Waals surface area contributed by atoms with E-state index in [4.69, 9.17) is 0 Å². The molecule has 1 saturated carbocycles. The molecule has 0 radical (unpaired) electrons. The van der Waals surface area contributed by atoms with Crippen LogP contribution < -0.4 is 0 Å². The average molecular weight is 210 g/mol. The molecule has 0 saturated heterocycles. The minimum absolute atomic E-state index is 0.774. The first kappa shape index (κ1) is 6.18. The largest absolute Gasteiger partial charge is 0.246 e. The van der Waals surface area contributed by atoms with Crippen LogP contribution in [0.5, 0.6) is 0 Å². The van der Waals surface area contributed by atoms with Crippen molar-refractivity contribution in [2.45, 2.75) is 24.7 Å². The first-order chi connectivity index (χ1) is 5.34. The number of nitrogens with zero attached hydrogens (tertiary/aromatic N) is 1. The van der Waals surface area contributed by atoms with Gasteiger partial charge < -0.3 is 0 Å². The molecule has 1 heterocycles. The fraction of sp³-hybridized carbons (Fsp3) is 0.444. The molecule has 2 aliphatic rings. The van der Waals surface area contributed by atoms with E-state index < -0.39 is 0 Å². The summed E-state index contributed by atoms with van der Waals surface area (Å²) in [7, 11) is 0. The quantitative estimate of drug-likeness (QED) is 0.600. The average Bonchev–Trinajstić information content (AvgIpc) is 1.96. The van der Waals surface area contributed by atoms with Crippen LogP contribution in [0, 0.1) is 0 Å². The van der Waals surface area contributed by atoms with Crippen LogP contribution >= 0.6 is 15.9 Å². The van der Waals surface area contributed by atoms with Gasteiger partial charge in [-0.3, -0.25) is 0 Å². The van der Waals surface area contributed by atoms with Gasteiger partial charge in [0.05, 0.1) is 0 Å². The predicted molar refractivity (Wildman–Crippen MR) is 46.7 cm³/mol. The summed E-state index contributed by atoms with van der Waals surface area (Å²) in [6, 6.07) is 4.42. The molecule has 2 aliphatic carbocycles. The summed E-state index contributed by atoms with van der Waals surface area (Å²) in [6.07, 6.45) is 2.71. The van der Waals surface area contributed by atoms with E-state index in [2.05, 4.69) is 33.0 Å². The van der Waals surface area contributed by atoms with Crippen LogP contribution in [0.4, 0.5) is 0 Å². The topological polar surface area (TPSA) is 12.9 Å². The van der Waals surface area contributed by atoms with Crippen molar-refractivity contribution in [1.82, 2.24) is 4.98 Å². The molecular formula is C9H8BrN. The van der Waals surface area contributed by atoms with E-state index in [1.807, 2.05) is 0 Å². The van der Waals surface area contributed by atoms with Crippen LogP contribution in [-0.2, 0) is 0 Å². The number of rotatable bonds is 0. The Labute approximate surface area is 74.0 Å². The number of halogens is 1. The molecule has 0 aromatic carbocycles. The van der Waals surface area contributed by atoms with Gasteiger partial charge in [-0.2, -0.15) is 0 Å². The van der Waals surface area contributed by atoms with Gasteiger partial charge in [-0.1, -0.05) is 0 Å². The summed E-state index contributed by atoms with van der Waals surface area (Å²) in [4.78, 5) is 4.44. The Morgan fingerprint density at radius 2 is 2.09 bits per heavy atom. The highest BCUT2D eigenvalue weighted by Gasteiger charge is 2.39. The minimum atomic E-state index is 0.774. The van der Waals surface area contributed by atoms with Crippen LogP contribution in [0.1, 0.15) is 35.9 Å². The van der Waals surface area contributed by atoms with Crippen molar-refractivity contribution in [3.63, 3.8) is 0 Å². The fourth-order valence-electron chi connectivity index (χ4n) is 2.19. The maximum Gasteiger partial charge on any atom is 0.106 e. The van der Waals surface area contributed by atoms with E-state index in [0.717, 1.165) is 16.4 Å². The lowest BCUT2D eigenvalue weighted by Crippen LogP contribution is -2.16. The molecule has 0 N–H and O–H groups in total. The maximum absolute atomic E-state index is 4.44. The van der Waals surface area contributed by atoms with E-state index in [-0.39, 0.29) is 0 Å². The van der Waals surface area contributed by atoms with Gasteiger partial charge in [0, 0.05) is 11.6 Å². The maximum atomic E-state index is 4.44. The van der Waals surface area contributed by atoms with Gasteiger partial charge in [-0.25, -0.2) is 4.98 Å². The monoisotopic (exact) mass is 209 g/mol. The molecule has 0 aliphatic heterocycles. The Balaban J connectivity index is 2.23. The standard InChI is InChI=1S/C9H8BrN/c10-9-4-5-3-8(11-9)7-2-1-6(5)7/h3-4,6-7H,1-2H2. The molecule has 2 atom stereocenters. The summed E-state index contributed by atoms with van der Waals surface area (Å²) in [6.45, 7) is 0. The zero-order valence-corrected chi connectivity index (χ0v) is 7.63. The highest BCUT2D eigenvalue weighted by Crippen LogP contribution is 2.53. The van der Waals surface area contributed by atoms with Crippen molar-refractivity contribution < 1.29 is 0 Å². The first-order valence-corrected chi connectivity index (χ1v) is 4.81.